The number of fused-ring (bicyclic) bond motifs is 1. The second-order valence-corrected chi connectivity index (χ2v) is 8.35. The van der Waals surface area contributed by atoms with Crippen LogP contribution in [0.5, 0.6) is 0 Å². The second-order valence-electron chi connectivity index (χ2n) is 7.59. The maximum Gasteiger partial charge on any atom is 0.255 e. The van der Waals surface area contributed by atoms with E-state index in [2.05, 4.69) is 41.2 Å². The minimum absolute atomic E-state index is 0.112. The predicted octanol–water partition coefficient (Wildman–Crippen LogP) is 4.68. The zero-order chi connectivity index (χ0) is 20.7. The Labute approximate surface area is 179 Å². The van der Waals surface area contributed by atoms with Gasteiger partial charge in [0, 0.05) is 35.3 Å². The van der Waals surface area contributed by atoms with Crippen LogP contribution in [-0.2, 0) is 4.79 Å². The number of nitrogens with one attached hydrogen (secondary N) is 1. The average molecular weight is 433 g/mol. The molecular formula is C20H22Cl2N6O. The van der Waals surface area contributed by atoms with Crippen LogP contribution in [0.1, 0.15) is 33.6 Å². The monoisotopic (exact) mass is 432 g/mol. The van der Waals surface area contributed by atoms with E-state index in [1.165, 1.54) is 6.33 Å². The molecule has 1 saturated heterocycles. The number of halogens is 2. The lowest BCUT2D eigenvalue weighted by molar-refractivity contribution is -0.117. The molecule has 0 saturated carbocycles. The van der Waals surface area contributed by atoms with Gasteiger partial charge in [0.2, 0.25) is 5.91 Å². The van der Waals surface area contributed by atoms with Gasteiger partial charge < -0.3 is 10.2 Å². The first-order chi connectivity index (χ1) is 13.9. The Morgan fingerprint density at radius 3 is 2.69 bits per heavy atom. The number of hydrogen-bond donors (Lipinski definition) is 1. The Balaban J connectivity index is 1.91. The molecule has 152 valence electrons. The number of benzene rings is 1. The van der Waals surface area contributed by atoms with Crippen molar-refractivity contribution in [1.82, 2.24) is 19.6 Å². The molecule has 9 heteroatoms. The summed E-state index contributed by atoms with van der Waals surface area (Å²) in [7, 11) is 0. The molecule has 1 fully saturated rings. The lowest BCUT2D eigenvalue weighted by atomic mass is 10.0. The first-order valence-corrected chi connectivity index (χ1v) is 10.4. The highest BCUT2D eigenvalue weighted by molar-refractivity contribution is 6.36. The van der Waals surface area contributed by atoms with Crippen molar-refractivity contribution in [3.05, 3.63) is 34.7 Å². The first-order valence-electron chi connectivity index (χ1n) is 9.63. The van der Waals surface area contributed by atoms with Crippen molar-refractivity contribution < 1.29 is 4.79 Å². The highest BCUT2D eigenvalue weighted by Crippen LogP contribution is 2.40. The van der Waals surface area contributed by atoms with E-state index in [-0.39, 0.29) is 17.1 Å². The fourth-order valence-corrected chi connectivity index (χ4v) is 3.84. The molecule has 0 aliphatic carbocycles. The molecule has 1 aromatic carbocycles. The lowest BCUT2D eigenvalue weighted by Crippen LogP contribution is -2.24. The largest absolute Gasteiger partial charge is 0.367 e. The third kappa shape index (κ3) is 3.65. The summed E-state index contributed by atoms with van der Waals surface area (Å²) in [6.07, 6.45) is 2.85. The molecule has 3 aromatic rings. The van der Waals surface area contributed by atoms with Gasteiger partial charge in [-0.1, -0.05) is 37.0 Å². The van der Waals surface area contributed by atoms with Crippen molar-refractivity contribution in [1.29, 1.82) is 0 Å². The number of aromatic nitrogens is 4. The number of carbonyl (C=O) groups excluding carboxylic acids is 1. The van der Waals surface area contributed by atoms with E-state index in [0.717, 1.165) is 12.1 Å². The van der Waals surface area contributed by atoms with Crippen LogP contribution in [0.25, 0.3) is 16.9 Å². The van der Waals surface area contributed by atoms with E-state index in [1.807, 2.05) is 12.1 Å². The van der Waals surface area contributed by atoms with Gasteiger partial charge in [-0.25, -0.2) is 0 Å². The number of anilines is 2. The standard InChI is InChI=1S/C20H22Cl2N6O/c1-11(2)12(3)25-19-17(18(22)26-20-23-10-24-28(19)20)14-9-13(6-7-15(14)21)27-8-4-5-16(27)29/h6-7,9-12,25H,4-5,8H2,1-3H3/t12-/m1/s1. The van der Waals surface area contributed by atoms with Crippen molar-refractivity contribution >= 4 is 46.4 Å². The molecule has 0 spiro atoms. The van der Waals surface area contributed by atoms with E-state index in [4.69, 9.17) is 23.2 Å². The molecule has 7 nitrogen and oxygen atoms in total. The van der Waals surface area contributed by atoms with Crippen molar-refractivity contribution in [3.8, 4) is 11.1 Å². The zero-order valence-electron chi connectivity index (χ0n) is 16.5. The van der Waals surface area contributed by atoms with Gasteiger partial charge in [0.25, 0.3) is 5.78 Å². The summed E-state index contributed by atoms with van der Waals surface area (Å²) in [6.45, 7) is 7.05. The summed E-state index contributed by atoms with van der Waals surface area (Å²) in [5, 5.41) is 8.61. The fourth-order valence-electron chi connectivity index (χ4n) is 3.36. The van der Waals surface area contributed by atoms with Crippen molar-refractivity contribution in [3.63, 3.8) is 0 Å². The van der Waals surface area contributed by atoms with E-state index < -0.39 is 0 Å². The number of carbonyl (C=O) groups is 1. The Morgan fingerprint density at radius 1 is 1.21 bits per heavy atom. The van der Waals surface area contributed by atoms with Gasteiger partial charge >= 0.3 is 0 Å². The summed E-state index contributed by atoms with van der Waals surface area (Å²) < 4.78 is 1.63. The van der Waals surface area contributed by atoms with Crippen LogP contribution < -0.4 is 10.2 Å². The van der Waals surface area contributed by atoms with Gasteiger partial charge in [-0.15, -0.1) is 0 Å². The summed E-state index contributed by atoms with van der Waals surface area (Å²) in [5.41, 5.74) is 2.12. The van der Waals surface area contributed by atoms with Crippen LogP contribution in [0.4, 0.5) is 11.5 Å². The molecule has 0 radical (unpaired) electrons. The van der Waals surface area contributed by atoms with E-state index in [9.17, 15) is 4.79 Å². The van der Waals surface area contributed by atoms with E-state index >= 15 is 0 Å². The molecule has 1 N–H and O–H groups in total. The van der Waals surface area contributed by atoms with Gasteiger partial charge in [-0.05, 0) is 37.5 Å². The molecule has 4 rings (SSSR count). The van der Waals surface area contributed by atoms with Crippen LogP contribution in [0.2, 0.25) is 10.2 Å². The first kappa shape index (κ1) is 19.9. The summed E-state index contributed by atoms with van der Waals surface area (Å²) in [6, 6.07) is 5.67. The summed E-state index contributed by atoms with van der Waals surface area (Å²) >= 11 is 13.2. The molecule has 3 heterocycles. The fraction of sp³-hybridized carbons (Fsp3) is 0.400. The molecule has 1 amide bonds. The van der Waals surface area contributed by atoms with Gasteiger partial charge in [0.05, 0.1) is 5.56 Å². The third-order valence-corrected chi connectivity index (χ3v) is 5.95. The lowest BCUT2D eigenvalue weighted by Gasteiger charge is -2.23. The third-order valence-electron chi connectivity index (χ3n) is 5.35. The van der Waals surface area contributed by atoms with Gasteiger partial charge in [0.1, 0.15) is 17.3 Å². The number of nitrogens with zero attached hydrogens (tertiary/aromatic N) is 5. The molecule has 0 bridgehead atoms. The Morgan fingerprint density at radius 2 is 2.00 bits per heavy atom. The van der Waals surface area contributed by atoms with Crippen LogP contribution in [0.3, 0.4) is 0 Å². The highest BCUT2D eigenvalue weighted by atomic mass is 35.5. The van der Waals surface area contributed by atoms with Gasteiger partial charge in [-0.2, -0.15) is 19.6 Å². The van der Waals surface area contributed by atoms with Crippen LogP contribution in [-0.4, -0.2) is 38.1 Å². The smallest absolute Gasteiger partial charge is 0.255 e. The quantitative estimate of drug-likeness (QED) is 0.592. The van der Waals surface area contributed by atoms with Gasteiger partial charge in [-0.3, -0.25) is 4.79 Å². The Kier molecular flexibility index (Phi) is 5.36. The SMILES string of the molecule is CC(C)[C@@H](C)Nc1c(-c2cc(N3CCCC3=O)ccc2Cl)c(Cl)nc2ncnn12. The van der Waals surface area contributed by atoms with Crippen molar-refractivity contribution in [2.24, 2.45) is 5.92 Å². The summed E-state index contributed by atoms with van der Waals surface area (Å²) in [4.78, 5) is 22.6. The molecule has 0 unspecified atom stereocenters. The Bertz CT molecular complexity index is 1080. The maximum atomic E-state index is 12.2. The van der Waals surface area contributed by atoms with Crippen molar-refractivity contribution in [2.45, 2.75) is 39.7 Å². The van der Waals surface area contributed by atoms with Crippen LogP contribution >= 0.6 is 23.2 Å². The molecule has 2 aromatic heterocycles. The van der Waals surface area contributed by atoms with E-state index in [0.29, 0.717) is 46.6 Å². The average Bonchev–Trinajstić information content (AvgIpc) is 3.31. The minimum atomic E-state index is 0.112. The topological polar surface area (TPSA) is 75.4 Å². The van der Waals surface area contributed by atoms with E-state index in [1.54, 1.807) is 15.5 Å². The normalized spacial score (nSPS) is 15.5. The zero-order valence-corrected chi connectivity index (χ0v) is 18.0. The highest BCUT2D eigenvalue weighted by Gasteiger charge is 2.25. The molecule has 1 aliphatic rings. The minimum Gasteiger partial charge on any atom is -0.367 e. The predicted molar refractivity (Wildman–Crippen MR) is 116 cm³/mol. The number of amides is 1. The number of rotatable bonds is 5. The molecule has 1 atom stereocenters. The molecule has 29 heavy (non-hydrogen) atoms. The number of hydrogen-bond acceptors (Lipinski definition) is 5. The second kappa shape index (κ2) is 7.80. The van der Waals surface area contributed by atoms with Gasteiger partial charge in [0.15, 0.2) is 0 Å². The summed E-state index contributed by atoms with van der Waals surface area (Å²) in [5.74, 6) is 1.56. The van der Waals surface area contributed by atoms with Crippen molar-refractivity contribution in [2.75, 3.05) is 16.8 Å². The van der Waals surface area contributed by atoms with Crippen LogP contribution in [0, 0.1) is 5.92 Å². The maximum absolute atomic E-state index is 12.2. The van der Waals surface area contributed by atoms with Crippen LogP contribution in [0.15, 0.2) is 24.5 Å². The Hall–Kier alpha value is -2.38. The molecule has 1 aliphatic heterocycles. The molecular weight excluding hydrogens is 411 g/mol.